The number of halogens is 2. The number of hydrogen-bond acceptors (Lipinski definition) is 3. The highest BCUT2D eigenvalue weighted by Gasteiger charge is 2.07. The summed E-state index contributed by atoms with van der Waals surface area (Å²) in [4.78, 5) is 21.7. The van der Waals surface area contributed by atoms with Crippen molar-refractivity contribution in [3.05, 3.63) is 28.5 Å². The fourth-order valence-corrected chi connectivity index (χ4v) is 1.68. The van der Waals surface area contributed by atoms with Crippen LogP contribution in [0, 0.1) is 5.82 Å². The lowest BCUT2D eigenvalue weighted by atomic mass is 10.3. The first-order valence-electron chi connectivity index (χ1n) is 5.66. The van der Waals surface area contributed by atoms with Crippen molar-refractivity contribution in [1.29, 1.82) is 0 Å². The zero-order chi connectivity index (χ0) is 14.3. The lowest BCUT2D eigenvalue weighted by Gasteiger charge is -2.07. The Bertz CT molecular complexity index is 468. The van der Waals surface area contributed by atoms with Gasteiger partial charge in [-0.15, -0.1) is 0 Å². The van der Waals surface area contributed by atoms with Gasteiger partial charge in [-0.25, -0.2) is 4.39 Å². The molecule has 0 atom stereocenters. The molecule has 0 bridgehead atoms. The second kappa shape index (κ2) is 7.85. The number of hydrogen-bond donors (Lipinski definition) is 3. The Hall–Kier alpha value is -1.47. The Balaban J connectivity index is 2.29. The molecule has 0 spiro atoms. The molecule has 5 nitrogen and oxygen atoms in total. The minimum atomic E-state index is -0.872. The van der Waals surface area contributed by atoms with E-state index in [4.69, 9.17) is 5.11 Å². The molecule has 0 heterocycles. The summed E-state index contributed by atoms with van der Waals surface area (Å²) in [5.41, 5.74) is 0.112. The van der Waals surface area contributed by atoms with E-state index in [9.17, 15) is 14.0 Å². The monoisotopic (exact) mass is 332 g/mol. The van der Waals surface area contributed by atoms with Crippen LogP contribution in [0.5, 0.6) is 0 Å². The molecule has 0 unspecified atom stereocenters. The van der Waals surface area contributed by atoms with Crippen molar-refractivity contribution in [3.8, 4) is 0 Å². The summed E-state index contributed by atoms with van der Waals surface area (Å²) in [6.45, 7) is 0.428. The molecule has 0 aliphatic rings. The Morgan fingerprint density at radius 3 is 2.74 bits per heavy atom. The number of aliphatic carboxylic acids is 1. The lowest BCUT2D eigenvalue weighted by Crippen LogP contribution is -2.29. The SMILES string of the molecule is O=C(O)CCCNCC(=O)Nc1ccc(Br)cc1F. The summed E-state index contributed by atoms with van der Waals surface area (Å²) in [7, 11) is 0. The zero-order valence-electron chi connectivity index (χ0n) is 10.1. The van der Waals surface area contributed by atoms with Gasteiger partial charge in [0.15, 0.2) is 0 Å². The molecule has 0 saturated heterocycles. The molecule has 0 saturated carbocycles. The van der Waals surface area contributed by atoms with Crippen LogP contribution in [0.1, 0.15) is 12.8 Å². The maximum atomic E-state index is 13.4. The van der Waals surface area contributed by atoms with Crippen molar-refractivity contribution in [2.24, 2.45) is 0 Å². The number of benzene rings is 1. The van der Waals surface area contributed by atoms with E-state index in [1.165, 1.54) is 12.1 Å². The van der Waals surface area contributed by atoms with Crippen LogP contribution < -0.4 is 10.6 Å². The van der Waals surface area contributed by atoms with E-state index in [2.05, 4.69) is 26.6 Å². The van der Waals surface area contributed by atoms with Crippen molar-refractivity contribution >= 4 is 33.5 Å². The van der Waals surface area contributed by atoms with Crippen molar-refractivity contribution in [2.75, 3.05) is 18.4 Å². The normalized spacial score (nSPS) is 10.2. The molecule has 1 rings (SSSR count). The van der Waals surface area contributed by atoms with Gasteiger partial charge < -0.3 is 15.7 Å². The van der Waals surface area contributed by atoms with Gasteiger partial charge in [-0.05, 0) is 31.2 Å². The van der Waals surface area contributed by atoms with E-state index >= 15 is 0 Å². The van der Waals surface area contributed by atoms with Crippen molar-refractivity contribution in [3.63, 3.8) is 0 Å². The summed E-state index contributed by atoms with van der Waals surface area (Å²) in [5, 5.41) is 13.6. The van der Waals surface area contributed by atoms with Crippen LogP contribution >= 0.6 is 15.9 Å². The highest BCUT2D eigenvalue weighted by molar-refractivity contribution is 9.10. The van der Waals surface area contributed by atoms with E-state index in [0.29, 0.717) is 17.4 Å². The molecule has 0 aliphatic carbocycles. The third kappa shape index (κ3) is 6.30. The van der Waals surface area contributed by atoms with Gasteiger partial charge in [-0.2, -0.15) is 0 Å². The minimum absolute atomic E-state index is 0.00905. The van der Waals surface area contributed by atoms with E-state index in [1.54, 1.807) is 6.07 Å². The van der Waals surface area contributed by atoms with Crippen molar-refractivity contribution < 1.29 is 19.1 Å². The number of carboxylic acids is 1. The van der Waals surface area contributed by atoms with E-state index in [1.807, 2.05) is 0 Å². The summed E-state index contributed by atoms with van der Waals surface area (Å²) in [5.74, 6) is -1.77. The van der Waals surface area contributed by atoms with Gasteiger partial charge >= 0.3 is 5.97 Å². The minimum Gasteiger partial charge on any atom is -0.481 e. The molecule has 0 radical (unpaired) electrons. The average molecular weight is 333 g/mol. The van der Waals surface area contributed by atoms with Crippen LogP contribution in [0.15, 0.2) is 22.7 Å². The molecule has 19 heavy (non-hydrogen) atoms. The molecule has 1 aromatic rings. The topological polar surface area (TPSA) is 78.4 Å². The van der Waals surface area contributed by atoms with Gasteiger partial charge in [-0.3, -0.25) is 9.59 Å². The number of rotatable bonds is 7. The third-order valence-corrected chi connectivity index (χ3v) is 2.73. The van der Waals surface area contributed by atoms with Crippen molar-refractivity contribution in [2.45, 2.75) is 12.8 Å². The smallest absolute Gasteiger partial charge is 0.303 e. The third-order valence-electron chi connectivity index (χ3n) is 2.23. The summed E-state index contributed by atoms with van der Waals surface area (Å²) >= 11 is 3.12. The second-order valence-corrected chi connectivity index (χ2v) is 4.76. The summed E-state index contributed by atoms with van der Waals surface area (Å²) < 4.78 is 14.0. The average Bonchev–Trinajstić information content (AvgIpc) is 2.32. The Labute approximate surface area is 118 Å². The van der Waals surface area contributed by atoms with Crippen molar-refractivity contribution in [1.82, 2.24) is 5.32 Å². The van der Waals surface area contributed by atoms with Gasteiger partial charge in [0.1, 0.15) is 5.82 Å². The quantitative estimate of drug-likeness (QED) is 0.667. The molecule has 104 valence electrons. The first kappa shape index (κ1) is 15.6. The van der Waals surface area contributed by atoms with Crippen LogP contribution in [0.3, 0.4) is 0 Å². The Morgan fingerprint density at radius 1 is 1.37 bits per heavy atom. The second-order valence-electron chi connectivity index (χ2n) is 3.85. The molecule has 0 aromatic heterocycles. The number of anilines is 1. The largest absolute Gasteiger partial charge is 0.481 e. The Morgan fingerprint density at radius 2 is 2.11 bits per heavy atom. The maximum Gasteiger partial charge on any atom is 0.303 e. The molecule has 1 amide bonds. The first-order valence-corrected chi connectivity index (χ1v) is 6.46. The molecule has 0 fully saturated rings. The molecular formula is C12H14BrFN2O3. The van der Waals surface area contributed by atoms with E-state index in [-0.39, 0.29) is 24.6 Å². The fourth-order valence-electron chi connectivity index (χ4n) is 1.35. The van der Waals surface area contributed by atoms with Gasteiger partial charge in [0, 0.05) is 10.9 Å². The summed E-state index contributed by atoms with van der Waals surface area (Å²) in [6.07, 6.45) is 0.491. The van der Waals surface area contributed by atoms with E-state index < -0.39 is 11.8 Å². The van der Waals surface area contributed by atoms with Gasteiger partial charge in [0.2, 0.25) is 5.91 Å². The zero-order valence-corrected chi connectivity index (χ0v) is 11.7. The summed E-state index contributed by atoms with van der Waals surface area (Å²) in [6, 6.07) is 4.34. The lowest BCUT2D eigenvalue weighted by molar-refractivity contribution is -0.137. The van der Waals surface area contributed by atoms with Crippen LogP contribution in [-0.2, 0) is 9.59 Å². The van der Waals surface area contributed by atoms with Crippen LogP contribution in [-0.4, -0.2) is 30.1 Å². The number of carbonyl (C=O) groups is 2. The van der Waals surface area contributed by atoms with Crippen LogP contribution in [0.2, 0.25) is 0 Å². The fraction of sp³-hybridized carbons (Fsp3) is 0.333. The standard InChI is InChI=1S/C12H14BrFN2O3/c13-8-3-4-10(9(14)6-8)16-11(17)7-15-5-1-2-12(18)19/h3-4,6,15H,1-2,5,7H2,(H,16,17)(H,18,19). The number of carbonyl (C=O) groups excluding carboxylic acids is 1. The molecule has 0 aliphatic heterocycles. The molecule has 3 N–H and O–H groups in total. The Kier molecular flexibility index (Phi) is 6.44. The van der Waals surface area contributed by atoms with Crippen LogP contribution in [0.4, 0.5) is 10.1 Å². The number of carboxylic acid groups (broad SMARTS) is 1. The van der Waals surface area contributed by atoms with Crippen LogP contribution in [0.25, 0.3) is 0 Å². The highest BCUT2D eigenvalue weighted by Crippen LogP contribution is 2.18. The van der Waals surface area contributed by atoms with Gasteiger partial charge in [-0.1, -0.05) is 15.9 Å². The number of nitrogens with one attached hydrogen (secondary N) is 2. The molecule has 7 heteroatoms. The van der Waals surface area contributed by atoms with Gasteiger partial charge in [0.05, 0.1) is 12.2 Å². The molecule has 1 aromatic carbocycles. The maximum absolute atomic E-state index is 13.4. The highest BCUT2D eigenvalue weighted by atomic mass is 79.9. The predicted octanol–water partition coefficient (Wildman–Crippen LogP) is 1.98. The predicted molar refractivity (Wildman–Crippen MR) is 72.5 cm³/mol. The van der Waals surface area contributed by atoms with E-state index in [0.717, 1.165) is 0 Å². The molecular weight excluding hydrogens is 319 g/mol. The number of amides is 1. The first-order chi connectivity index (χ1) is 8.99. The van der Waals surface area contributed by atoms with Gasteiger partial charge in [0.25, 0.3) is 0 Å².